The molecule has 3 rings (SSSR count). The van der Waals surface area contributed by atoms with Gasteiger partial charge in [0.25, 0.3) is 0 Å². The number of rotatable bonds is 12. The number of fused-ring (bicyclic) bond motifs is 3. The summed E-state index contributed by atoms with van der Waals surface area (Å²) in [5.74, 6) is -1.19. The molecule has 0 saturated heterocycles. The van der Waals surface area contributed by atoms with Gasteiger partial charge in [0.05, 0.1) is 19.6 Å². The van der Waals surface area contributed by atoms with Gasteiger partial charge in [-0.15, -0.1) is 0 Å². The average molecular weight is 469 g/mol. The van der Waals surface area contributed by atoms with Crippen molar-refractivity contribution < 1.29 is 29.0 Å². The van der Waals surface area contributed by atoms with Crippen LogP contribution in [0.5, 0.6) is 0 Å². The Kier molecular flexibility index (Phi) is 9.04. The van der Waals surface area contributed by atoms with Crippen LogP contribution in [0.4, 0.5) is 4.79 Å². The standard InChI is InChI=1S/C26H32N2O6/c1-17(2)23(15-25(30)31)28-24(29)11-13-33-14-12-27-26(32)34-16-22-20-9-5-3-7-18(20)19-8-4-6-10-21(19)22/h3-10,17,22-23H,11-16H2,1-2H3,(H,27,32)(H,28,29)(H,30,31). The predicted molar refractivity (Wildman–Crippen MR) is 128 cm³/mol. The van der Waals surface area contributed by atoms with Crippen molar-refractivity contribution in [3.63, 3.8) is 0 Å². The number of carboxylic acid groups (broad SMARTS) is 1. The SMILES string of the molecule is CC(C)C(CC(=O)O)NC(=O)CCOCCNC(=O)OCC1c2ccccc2-c2ccccc21. The Labute approximate surface area is 199 Å². The molecule has 1 aliphatic carbocycles. The fourth-order valence-corrected chi connectivity index (χ4v) is 4.06. The van der Waals surface area contributed by atoms with Gasteiger partial charge in [0.2, 0.25) is 5.91 Å². The predicted octanol–water partition coefficient (Wildman–Crippen LogP) is 3.55. The summed E-state index contributed by atoms with van der Waals surface area (Å²) in [7, 11) is 0. The molecule has 3 N–H and O–H groups in total. The first kappa shape index (κ1) is 25.2. The maximum Gasteiger partial charge on any atom is 0.407 e. The van der Waals surface area contributed by atoms with E-state index in [4.69, 9.17) is 14.6 Å². The number of nitrogens with one attached hydrogen (secondary N) is 2. The Morgan fingerprint density at radius 1 is 0.971 bits per heavy atom. The van der Waals surface area contributed by atoms with Crippen molar-refractivity contribution in [2.24, 2.45) is 5.92 Å². The van der Waals surface area contributed by atoms with Crippen LogP contribution in [0.15, 0.2) is 48.5 Å². The van der Waals surface area contributed by atoms with Crippen LogP contribution in [0.1, 0.15) is 43.7 Å². The molecule has 0 radical (unpaired) electrons. The number of carboxylic acids is 1. The van der Waals surface area contributed by atoms with E-state index in [1.54, 1.807) is 0 Å². The molecule has 0 fully saturated rings. The summed E-state index contributed by atoms with van der Waals surface area (Å²) in [6.07, 6.45) is -0.515. The van der Waals surface area contributed by atoms with Gasteiger partial charge in [-0.3, -0.25) is 9.59 Å². The lowest BCUT2D eigenvalue weighted by Crippen LogP contribution is -2.40. The first-order valence-corrected chi connectivity index (χ1v) is 11.5. The van der Waals surface area contributed by atoms with Crippen molar-refractivity contribution >= 4 is 18.0 Å². The number of aliphatic carboxylic acids is 1. The molecule has 0 heterocycles. The van der Waals surface area contributed by atoms with Gasteiger partial charge in [-0.25, -0.2) is 4.79 Å². The first-order valence-electron chi connectivity index (χ1n) is 11.5. The third kappa shape index (κ3) is 6.81. The second kappa shape index (κ2) is 12.2. The van der Waals surface area contributed by atoms with Crippen LogP contribution in [-0.2, 0) is 19.1 Å². The summed E-state index contributed by atoms with van der Waals surface area (Å²) in [4.78, 5) is 35.0. The van der Waals surface area contributed by atoms with E-state index in [2.05, 4.69) is 34.9 Å². The highest BCUT2D eigenvalue weighted by Crippen LogP contribution is 2.44. The summed E-state index contributed by atoms with van der Waals surface area (Å²) >= 11 is 0. The lowest BCUT2D eigenvalue weighted by Gasteiger charge is -2.20. The Balaban J connectivity index is 1.33. The minimum absolute atomic E-state index is 0.00343. The van der Waals surface area contributed by atoms with Gasteiger partial charge >= 0.3 is 12.1 Å². The Morgan fingerprint density at radius 2 is 1.59 bits per heavy atom. The molecular weight excluding hydrogens is 436 g/mol. The maximum atomic E-state index is 12.1. The van der Waals surface area contributed by atoms with Crippen molar-refractivity contribution in [1.82, 2.24) is 10.6 Å². The van der Waals surface area contributed by atoms with Gasteiger partial charge in [-0.1, -0.05) is 62.4 Å². The summed E-state index contributed by atoms with van der Waals surface area (Å²) in [6, 6.07) is 15.9. The van der Waals surface area contributed by atoms with E-state index in [1.165, 1.54) is 11.1 Å². The monoisotopic (exact) mass is 468 g/mol. The largest absolute Gasteiger partial charge is 0.481 e. The quantitative estimate of drug-likeness (QED) is 0.411. The highest BCUT2D eigenvalue weighted by molar-refractivity contribution is 5.79. The smallest absolute Gasteiger partial charge is 0.407 e. The van der Waals surface area contributed by atoms with E-state index < -0.39 is 18.1 Å². The Hall–Kier alpha value is -3.39. The average Bonchev–Trinajstić information content (AvgIpc) is 3.13. The van der Waals surface area contributed by atoms with Crippen LogP contribution in [0.25, 0.3) is 11.1 Å². The number of carbonyl (C=O) groups excluding carboxylic acids is 2. The lowest BCUT2D eigenvalue weighted by atomic mass is 9.98. The molecule has 2 amide bonds. The molecule has 34 heavy (non-hydrogen) atoms. The molecule has 8 nitrogen and oxygen atoms in total. The molecule has 1 aliphatic rings. The Morgan fingerprint density at radius 3 is 2.18 bits per heavy atom. The zero-order chi connectivity index (χ0) is 24.5. The number of ether oxygens (including phenoxy) is 2. The minimum Gasteiger partial charge on any atom is -0.481 e. The fourth-order valence-electron chi connectivity index (χ4n) is 4.06. The maximum absolute atomic E-state index is 12.1. The molecule has 0 aliphatic heterocycles. The lowest BCUT2D eigenvalue weighted by molar-refractivity contribution is -0.138. The molecule has 0 spiro atoms. The van der Waals surface area contributed by atoms with Crippen molar-refractivity contribution in [3.05, 3.63) is 59.7 Å². The third-order valence-corrected chi connectivity index (χ3v) is 5.88. The molecule has 1 unspecified atom stereocenters. The van der Waals surface area contributed by atoms with Crippen molar-refractivity contribution in [2.45, 2.75) is 38.6 Å². The molecule has 0 saturated carbocycles. The van der Waals surface area contributed by atoms with E-state index in [0.717, 1.165) is 11.1 Å². The topological polar surface area (TPSA) is 114 Å². The van der Waals surface area contributed by atoms with Gasteiger partial charge in [-0.2, -0.15) is 0 Å². The van der Waals surface area contributed by atoms with E-state index >= 15 is 0 Å². The number of hydrogen-bond acceptors (Lipinski definition) is 5. The molecule has 0 aromatic heterocycles. The first-order chi connectivity index (χ1) is 16.4. The number of hydrogen-bond donors (Lipinski definition) is 3. The second-order valence-corrected chi connectivity index (χ2v) is 8.63. The zero-order valence-corrected chi connectivity index (χ0v) is 19.6. The normalized spacial score (nSPS) is 13.1. The second-order valence-electron chi connectivity index (χ2n) is 8.63. The fraction of sp³-hybridized carbons (Fsp3) is 0.423. The van der Waals surface area contributed by atoms with E-state index in [9.17, 15) is 14.4 Å². The van der Waals surface area contributed by atoms with E-state index in [-0.39, 0.29) is 57.0 Å². The van der Waals surface area contributed by atoms with Crippen molar-refractivity contribution in [2.75, 3.05) is 26.4 Å². The molecule has 2 aromatic carbocycles. The van der Waals surface area contributed by atoms with Gasteiger partial charge in [0.15, 0.2) is 0 Å². The van der Waals surface area contributed by atoms with Gasteiger partial charge in [0, 0.05) is 24.9 Å². The summed E-state index contributed by atoms with van der Waals surface area (Å²) in [5, 5.41) is 14.3. The minimum atomic E-state index is -0.949. The molecule has 8 heteroatoms. The number of alkyl carbamates (subject to hydrolysis) is 1. The molecule has 0 bridgehead atoms. The number of carbonyl (C=O) groups is 3. The van der Waals surface area contributed by atoms with Crippen molar-refractivity contribution in [1.29, 1.82) is 0 Å². The molecule has 2 aromatic rings. The van der Waals surface area contributed by atoms with E-state index in [1.807, 2.05) is 38.1 Å². The molecule has 182 valence electrons. The van der Waals surface area contributed by atoms with Gasteiger partial charge in [0.1, 0.15) is 6.61 Å². The van der Waals surface area contributed by atoms with Crippen LogP contribution in [0.2, 0.25) is 0 Å². The third-order valence-electron chi connectivity index (χ3n) is 5.88. The highest BCUT2D eigenvalue weighted by Gasteiger charge is 2.29. The summed E-state index contributed by atoms with van der Waals surface area (Å²) < 4.78 is 10.9. The van der Waals surface area contributed by atoms with Crippen LogP contribution in [0.3, 0.4) is 0 Å². The van der Waals surface area contributed by atoms with Crippen molar-refractivity contribution in [3.8, 4) is 11.1 Å². The molecule has 1 atom stereocenters. The summed E-state index contributed by atoms with van der Waals surface area (Å²) in [6.45, 7) is 4.63. The Bertz CT molecular complexity index is 961. The van der Waals surface area contributed by atoms with Crippen LogP contribution in [0, 0.1) is 5.92 Å². The number of benzene rings is 2. The van der Waals surface area contributed by atoms with E-state index in [0.29, 0.717) is 0 Å². The van der Waals surface area contributed by atoms with Crippen LogP contribution < -0.4 is 10.6 Å². The summed E-state index contributed by atoms with van der Waals surface area (Å²) in [5.41, 5.74) is 4.65. The number of amides is 2. The van der Waals surface area contributed by atoms with Gasteiger partial charge in [-0.05, 0) is 28.2 Å². The molecular formula is C26H32N2O6. The van der Waals surface area contributed by atoms with Gasteiger partial charge < -0.3 is 25.2 Å². The zero-order valence-electron chi connectivity index (χ0n) is 19.6. The van der Waals surface area contributed by atoms with Crippen LogP contribution in [-0.4, -0.2) is 55.5 Å². The van der Waals surface area contributed by atoms with Crippen LogP contribution >= 0.6 is 0 Å². The highest BCUT2D eigenvalue weighted by atomic mass is 16.5.